The lowest BCUT2D eigenvalue weighted by atomic mass is 10.4. The van der Waals surface area contributed by atoms with Gasteiger partial charge in [0.1, 0.15) is 0 Å². The van der Waals surface area contributed by atoms with E-state index in [4.69, 9.17) is 9.79 Å². The van der Waals surface area contributed by atoms with Gasteiger partial charge >= 0.3 is 7.60 Å². The van der Waals surface area contributed by atoms with Gasteiger partial charge in [-0.1, -0.05) is 12.2 Å². The van der Waals surface area contributed by atoms with Gasteiger partial charge in [-0.05, 0) is 0 Å². The molecule has 0 unspecified atom stereocenters. The van der Waals surface area contributed by atoms with Crippen LogP contribution in [-0.2, 0) is 4.57 Å². The predicted octanol–water partition coefficient (Wildman–Crippen LogP) is 0.905. The van der Waals surface area contributed by atoms with Gasteiger partial charge in [0.2, 0.25) is 0 Å². The molecule has 0 aromatic heterocycles. The molecule has 0 aliphatic carbocycles. The first-order valence-corrected chi connectivity index (χ1v) is 4.01. The molecule has 0 aromatic carbocycles. The summed E-state index contributed by atoms with van der Waals surface area (Å²) >= 11 is 0. The van der Waals surface area contributed by atoms with Crippen LogP contribution in [0.4, 0.5) is 0 Å². The summed E-state index contributed by atoms with van der Waals surface area (Å²) in [5.41, 5.74) is -0.905. The van der Waals surface area contributed by atoms with Gasteiger partial charge in [-0.15, -0.1) is 13.2 Å². The second-order valence-corrected chi connectivity index (χ2v) is 3.33. The summed E-state index contributed by atoms with van der Waals surface area (Å²) in [5, 5.41) is 0. The van der Waals surface area contributed by atoms with E-state index in [9.17, 15) is 4.57 Å². The van der Waals surface area contributed by atoms with Gasteiger partial charge in [-0.2, -0.15) is 0 Å². The largest absolute Gasteiger partial charge is 0.336 e. The minimum Gasteiger partial charge on any atom is -0.324 e. The Bertz CT molecular complexity index is 150. The normalized spacial score (nSPS) is 11.4. The lowest BCUT2D eigenvalue weighted by Crippen LogP contribution is -1.98. The van der Waals surface area contributed by atoms with Crippen LogP contribution in [0.2, 0.25) is 0 Å². The zero-order valence-corrected chi connectivity index (χ0v) is 5.79. The Balaban J connectivity index is 4.30. The van der Waals surface area contributed by atoms with Crippen LogP contribution in [0.15, 0.2) is 25.3 Å². The summed E-state index contributed by atoms with van der Waals surface area (Å²) in [5.74, 6) is 0. The Kier molecular flexibility index (Phi) is 2.85. The first kappa shape index (κ1) is 8.63. The Labute approximate surface area is 53.9 Å². The third-order valence-corrected chi connectivity index (χ3v) is 2.07. The minimum absolute atomic E-state index is 0.905. The molecule has 0 bridgehead atoms. The van der Waals surface area contributed by atoms with Crippen molar-refractivity contribution >= 4 is 7.60 Å². The predicted molar refractivity (Wildman–Crippen MR) is 36.2 cm³/mol. The standard InChI is InChI=1S/C5H9O3P/c1-3-5(4-2)9(6,7)8/h3-5H,1-2H2,(H2,6,7,8). The van der Waals surface area contributed by atoms with Crippen LogP contribution in [0.5, 0.6) is 0 Å². The van der Waals surface area contributed by atoms with Crippen molar-refractivity contribution in [2.75, 3.05) is 0 Å². The molecule has 0 heterocycles. The van der Waals surface area contributed by atoms with Gasteiger partial charge in [0.15, 0.2) is 0 Å². The van der Waals surface area contributed by atoms with Gasteiger partial charge < -0.3 is 9.79 Å². The zero-order chi connectivity index (χ0) is 7.49. The quantitative estimate of drug-likeness (QED) is 0.461. The summed E-state index contributed by atoms with van der Waals surface area (Å²) in [6.07, 6.45) is 2.35. The second-order valence-electron chi connectivity index (χ2n) is 1.55. The van der Waals surface area contributed by atoms with Gasteiger partial charge in [0.05, 0.1) is 5.66 Å². The van der Waals surface area contributed by atoms with Crippen molar-refractivity contribution in [3.8, 4) is 0 Å². The molecule has 0 aliphatic rings. The van der Waals surface area contributed by atoms with E-state index in [0.29, 0.717) is 0 Å². The molecule has 3 nitrogen and oxygen atoms in total. The van der Waals surface area contributed by atoms with Crippen LogP contribution in [0.3, 0.4) is 0 Å². The molecule has 2 N–H and O–H groups in total. The van der Waals surface area contributed by atoms with Crippen molar-refractivity contribution < 1.29 is 14.4 Å². The summed E-state index contributed by atoms with van der Waals surface area (Å²) in [7, 11) is -4.01. The Morgan fingerprint density at radius 3 is 1.67 bits per heavy atom. The van der Waals surface area contributed by atoms with Crippen LogP contribution in [-0.4, -0.2) is 15.4 Å². The molecule has 0 amide bonds. The average molecular weight is 148 g/mol. The maximum absolute atomic E-state index is 10.3. The van der Waals surface area contributed by atoms with Gasteiger partial charge in [-0.25, -0.2) is 0 Å². The van der Waals surface area contributed by atoms with Crippen molar-refractivity contribution in [1.29, 1.82) is 0 Å². The molecule has 9 heavy (non-hydrogen) atoms. The minimum atomic E-state index is -4.01. The molecule has 0 rings (SSSR count). The van der Waals surface area contributed by atoms with Crippen molar-refractivity contribution in [1.82, 2.24) is 0 Å². The topological polar surface area (TPSA) is 57.5 Å². The van der Waals surface area contributed by atoms with Crippen LogP contribution in [0, 0.1) is 0 Å². The molecule has 0 fully saturated rings. The first-order valence-electron chi connectivity index (χ1n) is 2.32. The van der Waals surface area contributed by atoms with Crippen LogP contribution in [0.1, 0.15) is 0 Å². The molecule has 0 aromatic rings. The van der Waals surface area contributed by atoms with Crippen molar-refractivity contribution in [2.24, 2.45) is 0 Å². The molecular weight excluding hydrogens is 139 g/mol. The highest BCUT2D eigenvalue weighted by atomic mass is 31.2. The highest BCUT2D eigenvalue weighted by molar-refractivity contribution is 7.53. The third kappa shape index (κ3) is 2.61. The number of allylic oxidation sites excluding steroid dienone is 2. The maximum Gasteiger partial charge on any atom is 0.336 e. The Morgan fingerprint density at radius 2 is 1.67 bits per heavy atom. The highest BCUT2D eigenvalue weighted by Crippen LogP contribution is 2.41. The summed E-state index contributed by atoms with van der Waals surface area (Å²) in [6, 6.07) is 0. The van der Waals surface area contributed by atoms with E-state index in [1.807, 2.05) is 0 Å². The highest BCUT2D eigenvalue weighted by Gasteiger charge is 2.21. The molecule has 0 radical (unpaired) electrons. The maximum atomic E-state index is 10.3. The Hall–Kier alpha value is -0.370. The molecule has 0 spiro atoms. The molecular formula is C5H9O3P. The van der Waals surface area contributed by atoms with Crippen molar-refractivity contribution in [3.63, 3.8) is 0 Å². The summed E-state index contributed by atoms with van der Waals surface area (Å²) < 4.78 is 10.3. The zero-order valence-electron chi connectivity index (χ0n) is 4.90. The van der Waals surface area contributed by atoms with Crippen molar-refractivity contribution in [3.05, 3.63) is 25.3 Å². The molecule has 0 atom stereocenters. The van der Waals surface area contributed by atoms with Gasteiger partial charge in [0.25, 0.3) is 0 Å². The monoisotopic (exact) mass is 148 g/mol. The van der Waals surface area contributed by atoms with Crippen LogP contribution in [0.25, 0.3) is 0 Å². The summed E-state index contributed by atoms with van der Waals surface area (Å²) in [6.45, 7) is 6.47. The third-order valence-electron chi connectivity index (χ3n) is 0.871. The van der Waals surface area contributed by atoms with Crippen LogP contribution < -0.4 is 0 Å². The molecule has 52 valence electrons. The summed E-state index contributed by atoms with van der Waals surface area (Å²) in [4.78, 5) is 16.9. The lowest BCUT2D eigenvalue weighted by molar-refractivity contribution is 0.370. The fourth-order valence-electron chi connectivity index (χ4n) is 0.371. The van der Waals surface area contributed by atoms with E-state index in [1.54, 1.807) is 0 Å². The number of hydrogen-bond donors (Lipinski definition) is 2. The lowest BCUT2D eigenvalue weighted by Gasteiger charge is -2.07. The van der Waals surface area contributed by atoms with E-state index < -0.39 is 13.3 Å². The van der Waals surface area contributed by atoms with Gasteiger partial charge in [0, 0.05) is 0 Å². The fourth-order valence-corrected chi connectivity index (χ4v) is 0.920. The molecule has 0 aliphatic heterocycles. The molecule has 0 saturated heterocycles. The SMILES string of the molecule is C=CC(C=C)P(=O)(O)O. The van der Waals surface area contributed by atoms with Gasteiger partial charge in [-0.3, -0.25) is 4.57 Å². The fraction of sp³-hybridized carbons (Fsp3) is 0.200. The molecule has 4 heteroatoms. The second kappa shape index (κ2) is 2.97. The van der Waals surface area contributed by atoms with E-state index in [0.717, 1.165) is 0 Å². The average Bonchev–Trinajstić information content (AvgIpc) is 1.65. The van der Waals surface area contributed by atoms with E-state index >= 15 is 0 Å². The number of rotatable bonds is 3. The first-order chi connectivity index (χ1) is 4.02. The van der Waals surface area contributed by atoms with Crippen molar-refractivity contribution in [2.45, 2.75) is 5.66 Å². The Morgan fingerprint density at radius 1 is 1.33 bits per heavy atom. The molecule has 0 saturated carbocycles. The van der Waals surface area contributed by atoms with E-state index in [1.165, 1.54) is 12.2 Å². The smallest absolute Gasteiger partial charge is 0.324 e. The van der Waals surface area contributed by atoms with E-state index in [2.05, 4.69) is 13.2 Å². The van der Waals surface area contributed by atoms with Crippen LogP contribution >= 0.6 is 7.60 Å². The number of hydrogen-bond acceptors (Lipinski definition) is 1. The van der Waals surface area contributed by atoms with E-state index in [-0.39, 0.29) is 0 Å².